The van der Waals surface area contributed by atoms with E-state index in [2.05, 4.69) is 28.0 Å². The summed E-state index contributed by atoms with van der Waals surface area (Å²) in [7, 11) is 2.10. The van der Waals surface area contributed by atoms with Crippen molar-refractivity contribution in [2.75, 3.05) is 20.1 Å². The first-order chi connectivity index (χ1) is 14.7. The Bertz CT molecular complexity index is 1020. The van der Waals surface area contributed by atoms with E-state index in [1.54, 1.807) is 12.4 Å². The first kappa shape index (κ1) is 19.0. The molecule has 0 radical (unpaired) electrons. The maximum absolute atomic E-state index is 6.10. The Morgan fingerprint density at radius 3 is 2.83 bits per heavy atom. The van der Waals surface area contributed by atoms with Gasteiger partial charge in [0.15, 0.2) is 0 Å². The predicted octanol–water partition coefficient (Wildman–Crippen LogP) is 3.69. The molecule has 1 aliphatic heterocycles. The number of aromatic nitrogens is 3. The largest absolute Gasteiger partial charge is 0.486 e. The van der Waals surface area contributed by atoms with Crippen LogP contribution in [0, 0.1) is 0 Å². The third kappa shape index (κ3) is 4.14. The second kappa shape index (κ2) is 8.40. The summed E-state index contributed by atoms with van der Waals surface area (Å²) in [5.74, 6) is 1.46. The van der Waals surface area contributed by atoms with Crippen LogP contribution in [-0.2, 0) is 19.4 Å². The zero-order valence-electron chi connectivity index (χ0n) is 17.3. The standard InChI is InChI=1S/C24H26N4O2/c1-28-14-20(15-28)30-19-10-17(12-25-13-19)22-11-24(27-23-8-3-2-7-21(22)23)29-16-18-6-4-5-9-26-18/h4-6,9-13,20H,2-3,7-8,14-16H2,1H3. The summed E-state index contributed by atoms with van der Waals surface area (Å²) in [6, 6.07) is 9.97. The number of ether oxygens (including phenoxy) is 2. The van der Waals surface area contributed by atoms with Crippen molar-refractivity contribution in [2.45, 2.75) is 38.4 Å². The number of likely N-dealkylation sites (tertiary alicyclic amines) is 1. The lowest BCUT2D eigenvalue weighted by Gasteiger charge is -2.35. The second-order valence-corrected chi connectivity index (χ2v) is 8.12. The number of likely N-dealkylation sites (N-methyl/N-ethyl adjacent to an activating group) is 1. The second-order valence-electron chi connectivity index (χ2n) is 8.12. The van der Waals surface area contributed by atoms with Gasteiger partial charge in [-0.2, -0.15) is 0 Å². The van der Waals surface area contributed by atoms with E-state index in [9.17, 15) is 0 Å². The monoisotopic (exact) mass is 402 g/mol. The molecule has 0 aromatic carbocycles. The maximum atomic E-state index is 6.10. The van der Waals surface area contributed by atoms with Gasteiger partial charge in [0, 0.05) is 42.8 Å². The zero-order chi connectivity index (χ0) is 20.3. The highest BCUT2D eigenvalue weighted by molar-refractivity contribution is 5.70. The van der Waals surface area contributed by atoms with Crippen LogP contribution in [0.5, 0.6) is 11.6 Å². The summed E-state index contributed by atoms with van der Waals surface area (Å²) < 4.78 is 12.1. The Morgan fingerprint density at radius 2 is 2.00 bits per heavy atom. The number of hydrogen-bond donors (Lipinski definition) is 0. The molecular weight excluding hydrogens is 376 g/mol. The van der Waals surface area contributed by atoms with Crippen LogP contribution in [0.25, 0.3) is 11.1 Å². The minimum Gasteiger partial charge on any atom is -0.486 e. The molecule has 0 unspecified atom stereocenters. The number of rotatable bonds is 6. The van der Waals surface area contributed by atoms with Crippen molar-refractivity contribution in [2.24, 2.45) is 0 Å². The summed E-state index contributed by atoms with van der Waals surface area (Å²) in [4.78, 5) is 15.8. The Balaban J connectivity index is 1.43. The van der Waals surface area contributed by atoms with E-state index in [4.69, 9.17) is 14.5 Å². The minimum atomic E-state index is 0.246. The molecule has 5 rings (SSSR count). The number of fused-ring (bicyclic) bond motifs is 1. The molecule has 6 nitrogen and oxygen atoms in total. The van der Waals surface area contributed by atoms with E-state index in [1.165, 1.54) is 18.4 Å². The van der Waals surface area contributed by atoms with Crippen LogP contribution in [0.1, 0.15) is 29.8 Å². The lowest BCUT2D eigenvalue weighted by atomic mass is 9.90. The molecule has 1 aliphatic carbocycles. The van der Waals surface area contributed by atoms with Crippen molar-refractivity contribution >= 4 is 0 Å². The Labute approximate surface area is 176 Å². The molecule has 0 atom stereocenters. The molecule has 0 bridgehead atoms. The van der Waals surface area contributed by atoms with Gasteiger partial charge in [0.1, 0.15) is 18.5 Å². The quantitative estimate of drug-likeness (QED) is 0.627. The van der Waals surface area contributed by atoms with Gasteiger partial charge < -0.3 is 9.47 Å². The van der Waals surface area contributed by atoms with Gasteiger partial charge in [0.25, 0.3) is 0 Å². The minimum absolute atomic E-state index is 0.246. The van der Waals surface area contributed by atoms with E-state index in [0.29, 0.717) is 12.5 Å². The molecule has 0 spiro atoms. The van der Waals surface area contributed by atoms with Gasteiger partial charge in [-0.1, -0.05) is 6.07 Å². The van der Waals surface area contributed by atoms with Crippen LogP contribution in [0.2, 0.25) is 0 Å². The molecule has 2 aliphatic rings. The van der Waals surface area contributed by atoms with Crippen LogP contribution in [0.4, 0.5) is 0 Å². The van der Waals surface area contributed by atoms with Crippen molar-refractivity contribution < 1.29 is 9.47 Å². The molecule has 3 aromatic rings. The number of hydrogen-bond acceptors (Lipinski definition) is 6. The molecular formula is C24H26N4O2. The predicted molar refractivity (Wildman–Crippen MR) is 115 cm³/mol. The number of nitrogens with zero attached hydrogens (tertiary/aromatic N) is 4. The SMILES string of the molecule is CN1CC(Oc2cncc(-c3cc(OCc4ccccn4)nc4c3CCCC4)c2)C1. The topological polar surface area (TPSA) is 60.4 Å². The van der Waals surface area contributed by atoms with Gasteiger partial charge in [-0.05, 0) is 62.1 Å². The summed E-state index contributed by atoms with van der Waals surface area (Å²) in [5, 5.41) is 0. The van der Waals surface area contributed by atoms with Gasteiger partial charge in [0.05, 0.1) is 11.9 Å². The number of aryl methyl sites for hydroxylation is 1. The smallest absolute Gasteiger partial charge is 0.214 e. The Morgan fingerprint density at radius 1 is 1.10 bits per heavy atom. The molecule has 4 heterocycles. The Kier molecular flexibility index (Phi) is 5.32. The fourth-order valence-electron chi connectivity index (χ4n) is 4.18. The van der Waals surface area contributed by atoms with Gasteiger partial charge in [-0.3, -0.25) is 14.9 Å². The molecule has 154 valence electrons. The summed E-state index contributed by atoms with van der Waals surface area (Å²) in [5.41, 5.74) is 5.55. The molecule has 0 amide bonds. The van der Waals surface area contributed by atoms with E-state index >= 15 is 0 Å². The van der Waals surface area contributed by atoms with E-state index in [0.717, 1.165) is 54.2 Å². The van der Waals surface area contributed by atoms with Crippen LogP contribution in [-0.4, -0.2) is 46.1 Å². The third-order valence-electron chi connectivity index (χ3n) is 5.73. The van der Waals surface area contributed by atoms with E-state index in [-0.39, 0.29) is 6.10 Å². The summed E-state index contributed by atoms with van der Waals surface area (Å²) >= 11 is 0. The van der Waals surface area contributed by atoms with Crippen LogP contribution < -0.4 is 9.47 Å². The van der Waals surface area contributed by atoms with Gasteiger partial charge in [-0.15, -0.1) is 0 Å². The first-order valence-electron chi connectivity index (χ1n) is 10.6. The fraction of sp³-hybridized carbons (Fsp3) is 0.375. The van der Waals surface area contributed by atoms with Gasteiger partial charge in [0.2, 0.25) is 5.88 Å². The highest BCUT2D eigenvalue weighted by Gasteiger charge is 2.25. The first-order valence-corrected chi connectivity index (χ1v) is 10.6. The van der Waals surface area contributed by atoms with Crippen LogP contribution in [0.3, 0.4) is 0 Å². The van der Waals surface area contributed by atoms with Crippen molar-refractivity contribution in [3.8, 4) is 22.8 Å². The molecule has 30 heavy (non-hydrogen) atoms. The molecule has 0 saturated carbocycles. The Hall–Kier alpha value is -2.99. The maximum Gasteiger partial charge on any atom is 0.214 e. The van der Waals surface area contributed by atoms with E-state index < -0.39 is 0 Å². The third-order valence-corrected chi connectivity index (χ3v) is 5.73. The van der Waals surface area contributed by atoms with Crippen LogP contribution in [0.15, 0.2) is 48.9 Å². The normalized spacial score (nSPS) is 16.6. The average molecular weight is 402 g/mol. The van der Waals surface area contributed by atoms with Gasteiger partial charge >= 0.3 is 0 Å². The molecule has 0 N–H and O–H groups in total. The van der Waals surface area contributed by atoms with Gasteiger partial charge in [-0.25, -0.2) is 4.98 Å². The highest BCUT2D eigenvalue weighted by atomic mass is 16.5. The average Bonchev–Trinajstić information content (AvgIpc) is 2.77. The number of pyridine rings is 3. The lowest BCUT2D eigenvalue weighted by Crippen LogP contribution is -2.51. The van der Waals surface area contributed by atoms with Crippen LogP contribution >= 0.6 is 0 Å². The lowest BCUT2D eigenvalue weighted by molar-refractivity contribution is 0.0386. The fourth-order valence-corrected chi connectivity index (χ4v) is 4.18. The highest BCUT2D eigenvalue weighted by Crippen LogP contribution is 2.34. The van der Waals surface area contributed by atoms with E-state index in [1.807, 2.05) is 30.5 Å². The summed E-state index contributed by atoms with van der Waals surface area (Å²) in [6.45, 7) is 2.32. The van der Waals surface area contributed by atoms with Crippen molar-refractivity contribution in [1.82, 2.24) is 19.9 Å². The summed E-state index contributed by atoms with van der Waals surface area (Å²) in [6.07, 6.45) is 10.1. The van der Waals surface area contributed by atoms with Crippen molar-refractivity contribution in [3.63, 3.8) is 0 Å². The van der Waals surface area contributed by atoms with Crippen molar-refractivity contribution in [1.29, 1.82) is 0 Å². The van der Waals surface area contributed by atoms with Crippen molar-refractivity contribution in [3.05, 3.63) is 65.9 Å². The molecule has 6 heteroatoms. The molecule has 3 aromatic heterocycles. The zero-order valence-corrected chi connectivity index (χ0v) is 17.3. The molecule has 1 fully saturated rings. The molecule has 1 saturated heterocycles.